The van der Waals surface area contributed by atoms with Crippen molar-refractivity contribution in [3.05, 3.63) is 53.6 Å². The highest BCUT2D eigenvalue weighted by atomic mass is 16.3. The Morgan fingerprint density at radius 2 is 2.08 bits per heavy atom. The summed E-state index contributed by atoms with van der Waals surface area (Å²) < 4.78 is 6.94. The van der Waals surface area contributed by atoms with E-state index in [1.165, 1.54) is 23.7 Å². The SMILES string of the molecule is Cc1cc2nc(-c3[nH]ncc3NC(=O)c3ccoc3)n(C)c2cc1C. The van der Waals surface area contributed by atoms with Crippen LogP contribution in [0.3, 0.4) is 0 Å². The molecule has 1 amide bonds. The number of aromatic nitrogens is 4. The number of benzene rings is 1. The van der Waals surface area contributed by atoms with Gasteiger partial charge in [-0.2, -0.15) is 5.10 Å². The number of aryl methyl sites for hydroxylation is 3. The van der Waals surface area contributed by atoms with Crippen molar-refractivity contribution in [2.24, 2.45) is 7.05 Å². The van der Waals surface area contributed by atoms with E-state index < -0.39 is 0 Å². The summed E-state index contributed by atoms with van der Waals surface area (Å²) in [4.78, 5) is 17.0. The van der Waals surface area contributed by atoms with E-state index in [1.807, 2.05) is 11.6 Å². The number of furan rings is 1. The largest absolute Gasteiger partial charge is 0.472 e. The fourth-order valence-corrected chi connectivity index (χ4v) is 2.81. The molecule has 25 heavy (non-hydrogen) atoms. The predicted molar refractivity (Wildman–Crippen MR) is 94.4 cm³/mol. The van der Waals surface area contributed by atoms with Crippen LogP contribution < -0.4 is 5.32 Å². The molecule has 4 rings (SSSR count). The summed E-state index contributed by atoms with van der Waals surface area (Å²) >= 11 is 0. The van der Waals surface area contributed by atoms with E-state index in [-0.39, 0.29) is 5.91 Å². The van der Waals surface area contributed by atoms with Crippen molar-refractivity contribution >= 4 is 22.6 Å². The third-order valence-electron chi connectivity index (χ3n) is 4.39. The van der Waals surface area contributed by atoms with Crippen LogP contribution >= 0.6 is 0 Å². The number of hydrogen-bond acceptors (Lipinski definition) is 4. The molecule has 3 heterocycles. The van der Waals surface area contributed by atoms with Gasteiger partial charge in [-0.15, -0.1) is 0 Å². The second kappa shape index (κ2) is 5.62. The molecule has 0 fully saturated rings. The highest BCUT2D eigenvalue weighted by molar-refractivity contribution is 6.05. The molecule has 0 unspecified atom stereocenters. The molecular formula is C18H17N5O2. The number of carbonyl (C=O) groups is 1. The molecule has 2 N–H and O–H groups in total. The highest BCUT2D eigenvalue weighted by Crippen LogP contribution is 2.29. The van der Waals surface area contributed by atoms with Gasteiger partial charge >= 0.3 is 0 Å². The first-order valence-electron chi connectivity index (χ1n) is 7.85. The van der Waals surface area contributed by atoms with E-state index in [0.29, 0.717) is 22.8 Å². The number of nitrogens with one attached hydrogen (secondary N) is 2. The molecule has 0 aliphatic rings. The first-order valence-corrected chi connectivity index (χ1v) is 7.85. The van der Waals surface area contributed by atoms with Crippen LogP contribution in [0.4, 0.5) is 5.69 Å². The smallest absolute Gasteiger partial charge is 0.259 e. The Labute approximate surface area is 143 Å². The standard InChI is InChI=1S/C18H17N5O2/c1-10-6-13-15(7-11(10)2)23(3)17(20-13)16-14(8-19-22-16)21-18(24)12-4-5-25-9-12/h4-9H,1-3H3,(H,19,22)(H,21,24). The van der Waals surface area contributed by atoms with Gasteiger partial charge in [0.05, 0.1) is 34.7 Å². The van der Waals surface area contributed by atoms with Gasteiger partial charge in [-0.3, -0.25) is 9.89 Å². The molecule has 3 aromatic heterocycles. The van der Waals surface area contributed by atoms with Crippen LogP contribution in [-0.2, 0) is 7.05 Å². The van der Waals surface area contributed by atoms with Crippen LogP contribution in [0.15, 0.2) is 41.3 Å². The Morgan fingerprint density at radius 1 is 1.28 bits per heavy atom. The van der Waals surface area contributed by atoms with E-state index in [1.54, 1.807) is 12.3 Å². The van der Waals surface area contributed by atoms with Gasteiger partial charge in [0.25, 0.3) is 5.91 Å². The third-order valence-corrected chi connectivity index (χ3v) is 4.39. The van der Waals surface area contributed by atoms with Crippen molar-refractivity contribution in [1.29, 1.82) is 0 Å². The molecule has 0 radical (unpaired) electrons. The lowest BCUT2D eigenvalue weighted by atomic mass is 10.1. The summed E-state index contributed by atoms with van der Waals surface area (Å²) in [6.07, 6.45) is 4.43. The Balaban J connectivity index is 1.76. The zero-order valence-electron chi connectivity index (χ0n) is 14.1. The Hall–Kier alpha value is -3.35. The minimum atomic E-state index is -0.262. The average molecular weight is 335 g/mol. The van der Waals surface area contributed by atoms with Gasteiger partial charge in [-0.25, -0.2) is 4.98 Å². The van der Waals surface area contributed by atoms with E-state index in [0.717, 1.165) is 11.0 Å². The average Bonchev–Trinajstić information content (AvgIpc) is 3.30. The first-order chi connectivity index (χ1) is 12.0. The van der Waals surface area contributed by atoms with Crippen molar-refractivity contribution in [3.8, 4) is 11.5 Å². The fraction of sp³-hybridized carbons (Fsp3) is 0.167. The third kappa shape index (κ3) is 2.50. The molecular weight excluding hydrogens is 318 g/mol. The van der Waals surface area contributed by atoms with Crippen LogP contribution in [-0.4, -0.2) is 25.7 Å². The molecule has 0 bridgehead atoms. The van der Waals surface area contributed by atoms with Gasteiger partial charge in [0.2, 0.25) is 0 Å². The number of carbonyl (C=O) groups excluding carboxylic acids is 1. The van der Waals surface area contributed by atoms with Gasteiger partial charge < -0.3 is 14.3 Å². The minimum Gasteiger partial charge on any atom is -0.472 e. The fourth-order valence-electron chi connectivity index (χ4n) is 2.81. The number of aromatic amines is 1. The Kier molecular flexibility index (Phi) is 3.42. The Morgan fingerprint density at radius 3 is 2.84 bits per heavy atom. The second-order valence-corrected chi connectivity index (χ2v) is 6.04. The van der Waals surface area contributed by atoms with Gasteiger partial charge in [0, 0.05) is 7.05 Å². The molecule has 0 aliphatic carbocycles. The number of amides is 1. The number of nitrogens with zero attached hydrogens (tertiary/aromatic N) is 3. The number of hydrogen-bond donors (Lipinski definition) is 2. The summed E-state index contributed by atoms with van der Waals surface area (Å²) in [5.74, 6) is 0.446. The van der Waals surface area contributed by atoms with Gasteiger partial charge in [-0.05, 0) is 43.2 Å². The maximum Gasteiger partial charge on any atom is 0.259 e. The molecule has 1 aromatic carbocycles. The highest BCUT2D eigenvalue weighted by Gasteiger charge is 2.18. The number of rotatable bonds is 3. The van der Waals surface area contributed by atoms with Crippen LogP contribution in [0.1, 0.15) is 21.5 Å². The van der Waals surface area contributed by atoms with Crippen molar-refractivity contribution in [1.82, 2.24) is 19.7 Å². The van der Waals surface area contributed by atoms with Crippen LogP contribution in [0.5, 0.6) is 0 Å². The minimum absolute atomic E-state index is 0.262. The molecule has 0 spiro atoms. The summed E-state index contributed by atoms with van der Waals surface area (Å²) in [6, 6.07) is 5.78. The quantitative estimate of drug-likeness (QED) is 0.600. The molecule has 0 atom stereocenters. The number of imidazole rings is 1. The van der Waals surface area contributed by atoms with E-state index >= 15 is 0 Å². The number of fused-ring (bicyclic) bond motifs is 1. The molecule has 7 heteroatoms. The van der Waals surface area contributed by atoms with Crippen LogP contribution in [0.2, 0.25) is 0 Å². The molecule has 126 valence electrons. The van der Waals surface area contributed by atoms with Crippen LogP contribution in [0.25, 0.3) is 22.6 Å². The lowest BCUT2D eigenvalue weighted by Crippen LogP contribution is -2.11. The maximum absolute atomic E-state index is 12.3. The summed E-state index contributed by atoms with van der Waals surface area (Å²) in [6.45, 7) is 4.14. The van der Waals surface area contributed by atoms with Gasteiger partial charge in [0.1, 0.15) is 12.0 Å². The first kappa shape index (κ1) is 15.2. The van der Waals surface area contributed by atoms with Crippen LogP contribution in [0, 0.1) is 13.8 Å². The monoisotopic (exact) mass is 335 g/mol. The van der Waals surface area contributed by atoms with E-state index in [9.17, 15) is 4.79 Å². The molecule has 0 saturated heterocycles. The summed E-state index contributed by atoms with van der Waals surface area (Å²) in [5, 5.41) is 9.83. The van der Waals surface area contributed by atoms with Crippen molar-refractivity contribution < 1.29 is 9.21 Å². The molecule has 0 saturated carbocycles. The Bertz CT molecular complexity index is 1070. The molecule has 4 aromatic rings. The number of H-pyrrole nitrogens is 1. The van der Waals surface area contributed by atoms with Crippen molar-refractivity contribution in [2.45, 2.75) is 13.8 Å². The zero-order chi connectivity index (χ0) is 17.6. The topological polar surface area (TPSA) is 88.7 Å². The van der Waals surface area contributed by atoms with Crippen molar-refractivity contribution in [3.63, 3.8) is 0 Å². The maximum atomic E-state index is 12.3. The van der Waals surface area contributed by atoms with Gasteiger partial charge in [-0.1, -0.05) is 0 Å². The molecule has 0 aliphatic heterocycles. The zero-order valence-corrected chi connectivity index (χ0v) is 14.1. The predicted octanol–water partition coefficient (Wildman–Crippen LogP) is 3.43. The lowest BCUT2D eigenvalue weighted by molar-refractivity contribution is 0.102. The normalized spacial score (nSPS) is 11.2. The lowest BCUT2D eigenvalue weighted by Gasteiger charge is -2.05. The summed E-state index contributed by atoms with van der Waals surface area (Å²) in [5.41, 5.74) is 6.00. The second-order valence-electron chi connectivity index (χ2n) is 6.04. The van der Waals surface area contributed by atoms with E-state index in [4.69, 9.17) is 9.40 Å². The number of anilines is 1. The van der Waals surface area contributed by atoms with Gasteiger partial charge in [0.15, 0.2) is 5.82 Å². The van der Waals surface area contributed by atoms with Crippen molar-refractivity contribution in [2.75, 3.05) is 5.32 Å². The van der Waals surface area contributed by atoms with E-state index in [2.05, 4.69) is 41.5 Å². The molecule has 7 nitrogen and oxygen atoms in total. The summed E-state index contributed by atoms with van der Waals surface area (Å²) in [7, 11) is 1.95.